The zero-order chi connectivity index (χ0) is 18.4. The third-order valence-corrected chi connectivity index (χ3v) is 7.22. The van der Waals surface area contributed by atoms with Crippen LogP contribution in [0.5, 0.6) is 0 Å². The van der Waals surface area contributed by atoms with Gasteiger partial charge in [-0.3, -0.25) is 9.69 Å². The Morgan fingerprint density at radius 1 is 1.04 bits per heavy atom. The SMILES string of the molecule is O=C(CCNS(=O)(=O)c1cccs1)N1CCN(Cc2ccccc2)CC1. The van der Waals surface area contributed by atoms with Crippen LogP contribution < -0.4 is 4.72 Å². The lowest BCUT2D eigenvalue weighted by atomic mass is 10.2. The first-order valence-electron chi connectivity index (χ1n) is 8.62. The van der Waals surface area contributed by atoms with Gasteiger partial charge in [-0.15, -0.1) is 11.3 Å². The van der Waals surface area contributed by atoms with E-state index in [0.29, 0.717) is 13.1 Å². The van der Waals surface area contributed by atoms with Crippen LogP contribution in [0.2, 0.25) is 0 Å². The summed E-state index contributed by atoms with van der Waals surface area (Å²) in [7, 11) is -3.50. The van der Waals surface area contributed by atoms with Crippen molar-refractivity contribution in [3.05, 3.63) is 53.4 Å². The number of thiophene rings is 1. The standard InChI is InChI=1S/C18H23N3O3S2/c22-17(8-9-19-26(23,24)18-7-4-14-25-18)21-12-10-20(11-13-21)15-16-5-2-1-3-6-16/h1-7,14,19H,8-13,15H2. The normalized spacial score (nSPS) is 15.9. The van der Waals surface area contributed by atoms with Gasteiger partial charge in [-0.2, -0.15) is 0 Å². The molecule has 1 saturated heterocycles. The van der Waals surface area contributed by atoms with Crippen molar-refractivity contribution >= 4 is 27.3 Å². The number of carbonyl (C=O) groups excluding carboxylic acids is 1. The number of nitrogens with zero attached hydrogens (tertiary/aromatic N) is 2. The maximum Gasteiger partial charge on any atom is 0.250 e. The van der Waals surface area contributed by atoms with Crippen LogP contribution in [0.1, 0.15) is 12.0 Å². The smallest absolute Gasteiger partial charge is 0.250 e. The Bertz CT molecular complexity index is 799. The van der Waals surface area contributed by atoms with Gasteiger partial charge in [0.05, 0.1) is 0 Å². The highest BCUT2D eigenvalue weighted by molar-refractivity contribution is 7.91. The Kier molecular flexibility index (Phi) is 6.42. The van der Waals surface area contributed by atoms with Gasteiger partial charge in [-0.1, -0.05) is 36.4 Å². The molecule has 0 saturated carbocycles. The van der Waals surface area contributed by atoms with Crippen molar-refractivity contribution < 1.29 is 13.2 Å². The molecule has 6 nitrogen and oxygen atoms in total. The first-order chi connectivity index (χ1) is 12.5. The van der Waals surface area contributed by atoms with Crippen LogP contribution in [-0.4, -0.2) is 56.8 Å². The van der Waals surface area contributed by atoms with Crippen LogP contribution in [0.25, 0.3) is 0 Å². The van der Waals surface area contributed by atoms with Crippen LogP contribution >= 0.6 is 11.3 Å². The van der Waals surface area contributed by atoms with Gasteiger partial charge in [-0.25, -0.2) is 13.1 Å². The molecule has 0 aliphatic carbocycles. The molecule has 2 aromatic rings. The Morgan fingerprint density at radius 3 is 2.42 bits per heavy atom. The summed E-state index contributed by atoms with van der Waals surface area (Å²) >= 11 is 1.17. The van der Waals surface area contributed by atoms with Crippen molar-refractivity contribution in [2.45, 2.75) is 17.2 Å². The summed E-state index contributed by atoms with van der Waals surface area (Å²) in [6, 6.07) is 13.5. The summed E-state index contributed by atoms with van der Waals surface area (Å²) in [6.07, 6.45) is 0.184. The predicted molar refractivity (Wildman–Crippen MR) is 102 cm³/mol. The highest BCUT2D eigenvalue weighted by Gasteiger charge is 2.22. The van der Waals surface area contributed by atoms with Gasteiger partial charge in [0.25, 0.3) is 0 Å². The molecule has 1 fully saturated rings. The van der Waals surface area contributed by atoms with Crippen LogP contribution in [0.4, 0.5) is 0 Å². The predicted octanol–water partition coefficient (Wildman–Crippen LogP) is 1.76. The Hall–Kier alpha value is -1.74. The van der Waals surface area contributed by atoms with Gasteiger partial charge in [0.2, 0.25) is 15.9 Å². The highest BCUT2D eigenvalue weighted by Crippen LogP contribution is 2.15. The molecule has 1 aliphatic rings. The van der Waals surface area contributed by atoms with Crippen molar-refractivity contribution in [1.82, 2.24) is 14.5 Å². The summed E-state index contributed by atoms with van der Waals surface area (Å²) in [6.45, 7) is 4.06. The van der Waals surface area contributed by atoms with E-state index in [4.69, 9.17) is 0 Å². The number of sulfonamides is 1. The van der Waals surface area contributed by atoms with E-state index >= 15 is 0 Å². The summed E-state index contributed by atoms with van der Waals surface area (Å²) in [4.78, 5) is 16.5. The average Bonchev–Trinajstić information content (AvgIpc) is 3.19. The second-order valence-electron chi connectivity index (χ2n) is 6.22. The Morgan fingerprint density at radius 2 is 1.77 bits per heavy atom. The van der Waals surface area contributed by atoms with Gasteiger partial charge in [0.15, 0.2) is 0 Å². The maximum absolute atomic E-state index is 12.3. The number of carbonyl (C=O) groups is 1. The molecule has 1 aromatic carbocycles. The fourth-order valence-corrected chi connectivity index (χ4v) is 5.00. The van der Waals surface area contributed by atoms with Crippen molar-refractivity contribution in [2.75, 3.05) is 32.7 Å². The van der Waals surface area contributed by atoms with Gasteiger partial charge in [0, 0.05) is 45.7 Å². The van der Waals surface area contributed by atoms with Gasteiger partial charge in [-0.05, 0) is 17.0 Å². The lowest BCUT2D eigenvalue weighted by Crippen LogP contribution is -2.48. The average molecular weight is 394 g/mol. The summed E-state index contributed by atoms with van der Waals surface area (Å²) in [5.41, 5.74) is 1.27. The highest BCUT2D eigenvalue weighted by atomic mass is 32.2. The van der Waals surface area contributed by atoms with E-state index in [1.165, 1.54) is 16.9 Å². The molecule has 1 N–H and O–H groups in total. The van der Waals surface area contributed by atoms with Gasteiger partial charge in [0.1, 0.15) is 4.21 Å². The number of benzene rings is 1. The van der Waals surface area contributed by atoms with Crippen molar-refractivity contribution in [2.24, 2.45) is 0 Å². The van der Waals surface area contributed by atoms with E-state index in [0.717, 1.165) is 19.6 Å². The summed E-state index contributed by atoms with van der Waals surface area (Å²) in [5.74, 6) is -0.00163. The summed E-state index contributed by atoms with van der Waals surface area (Å²) in [5, 5.41) is 1.72. The molecule has 0 unspecified atom stereocenters. The zero-order valence-corrected chi connectivity index (χ0v) is 16.1. The molecule has 3 rings (SSSR count). The van der Waals surface area contributed by atoms with E-state index < -0.39 is 10.0 Å². The number of nitrogens with one attached hydrogen (secondary N) is 1. The molecule has 2 heterocycles. The number of rotatable bonds is 7. The Balaban J connectivity index is 1.40. The molecule has 140 valence electrons. The quantitative estimate of drug-likeness (QED) is 0.778. The monoisotopic (exact) mass is 393 g/mol. The minimum atomic E-state index is -3.50. The molecule has 0 radical (unpaired) electrons. The fourth-order valence-electron chi connectivity index (χ4n) is 2.93. The molecule has 0 spiro atoms. The number of hydrogen-bond acceptors (Lipinski definition) is 5. The first kappa shape index (κ1) is 19.0. The molecule has 8 heteroatoms. The lowest BCUT2D eigenvalue weighted by Gasteiger charge is -2.34. The van der Waals surface area contributed by atoms with Crippen LogP contribution in [-0.2, 0) is 21.4 Å². The van der Waals surface area contributed by atoms with E-state index in [1.54, 1.807) is 17.5 Å². The molecule has 26 heavy (non-hydrogen) atoms. The molecule has 1 aliphatic heterocycles. The minimum Gasteiger partial charge on any atom is -0.340 e. The topological polar surface area (TPSA) is 69.7 Å². The van der Waals surface area contributed by atoms with E-state index in [9.17, 15) is 13.2 Å². The molecular weight excluding hydrogens is 370 g/mol. The lowest BCUT2D eigenvalue weighted by molar-refractivity contribution is -0.132. The molecule has 1 aromatic heterocycles. The van der Waals surface area contributed by atoms with E-state index in [2.05, 4.69) is 21.8 Å². The van der Waals surface area contributed by atoms with Crippen molar-refractivity contribution in [3.8, 4) is 0 Å². The minimum absolute atomic E-state index is 0.00163. The second-order valence-corrected chi connectivity index (χ2v) is 9.16. The Labute approximate surface area is 158 Å². The number of hydrogen-bond donors (Lipinski definition) is 1. The number of piperazine rings is 1. The maximum atomic E-state index is 12.3. The van der Waals surface area contributed by atoms with Crippen LogP contribution in [0, 0.1) is 0 Å². The van der Waals surface area contributed by atoms with Gasteiger partial charge >= 0.3 is 0 Å². The third kappa shape index (κ3) is 5.14. The third-order valence-electron chi connectivity index (χ3n) is 4.36. The molecule has 1 amide bonds. The van der Waals surface area contributed by atoms with E-state index in [1.807, 2.05) is 23.1 Å². The zero-order valence-electron chi connectivity index (χ0n) is 14.5. The van der Waals surface area contributed by atoms with Crippen molar-refractivity contribution in [3.63, 3.8) is 0 Å². The second kappa shape index (κ2) is 8.77. The molecular formula is C18H23N3O3S2. The molecule has 0 atom stereocenters. The van der Waals surface area contributed by atoms with Gasteiger partial charge < -0.3 is 4.90 Å². The van der Waals surface area contributed by atoms with Crippen molar-refractivity contribution in [1.29, 1.82) is 0 Å². The van der Waals surface area contributed by atoms with E-state index in [-0.39, 0.29) is 23.1 Å². The first-order valence-corrected chi connectivity index (χ1v) is 11.0. The fraction of sp³-hybridized carbons (Fsp3) is 0.389. The molecule has 0 bridgehead atoms. The number of amides is 1. The summed E-state index contributed by atoms with van der Waals surface area (Å²) < 4.78 is 26.8. The largest absolute Gasteiger partial charge is 0.340 e. The van der Waals surface area contributed by atoms with Crippen LogP contribution in [0.15, 0.2) is 52.1 Å². The van der Waals surface area contributed by atoms with Crippen LogP contribution in [0.3, 0.4) is 0 Å².